The van der Waals surface area contributed by atoms with Gasteiger partial charge in [0.15, 0.2) is 0 Å². The van der Waals surface area contributed by atoms with E-state index in [4.69, 9.17) is 16.9 Å². The van der Waals surface area contributed by atoms with Crippen LogP contribution in [0, 0.1) is 11.3 Å². The second-order valence-corrected chi connectivity index (χ2v) is 6.33. The van der Waals surface area contributed by atoms with Crippen molar-refractivity contribution in [2.75, 3.05) is 6.54 Å². The van der Waals surface area contributed by atoms with Crippen LogP contribution in [-0.2, 0) is 4.79 Å². The maximum absolute atomic E-state index is 12.0. The second-order valence-electron chi connectivity index (χ2n) is 5.89. The van der Waals surface area contributed by atoms with Crippen LogP contribution >= 0.6 is 11.6 Å². The third kappa shape index (κ3) is 5.91. The third-order valence-electron chi connectivity index (χ3n) is 3.89. The number of nitrogens with one attached hydrogen (secondary N) is 2. The van der Waals surface area contributed by atoms with Crippen LogP contribution in [0.1, 0.15) is 47.3 Å². The zero-order valence-electron chi connectivity index (χ0n) is 14.5. The van der Waals surface area contributed by atoms with Gasteiger partial charge >= 0.3 is 0 Å². The van der Waals surface area contributed by atoms with Crippen LogP contribution in [0.2, 0.25) is 5.02 Å². The number of halogens is 1. The first-order chi connectivity index (χ1) is 12.5. The van der Waals surface area contributed by atoms with Gasteiger partial charge in [-0.15, -0.1) is 0 Å². The fourth-order valence-electron chi connectivity index (χ4n) is 2.40. The van der Waals surface area contributed by atoms with Crippen molar-refractivity contribution < 1.29 is 9.59 Å². The molecule has 0 aliphatic rings. The molecule has 5 nitrogen and oxygen atoms in total. The minimum atomic E-state index is -0.187. The molecule has 2 rings (SSSR count). The molecule has 0 aliphatic heterocycles. The summed E-state index contributed by atoms with van der Waals surface area (Å²) in [5, 5.41) is 15.1. The fraction of sp³-hybridized carbons (Fsp3) is 0.250. The fourth-order valence-corrected chi connectivity index (χ4v) is 2.52. The van der Waals surface area contributed by atoms with Crippen LogP contribution in [0.5, 0.6) is 0 Å². The van der Waals surface area contributed by atoms with Crippen molar-refractivity contribution >= 4 is 23.4 Å². The molecular weight excluding hydrogens is 350 g/mol. The van der Waals surface area contributed by atoms with Crippen LogP contribution in [-0.4, -0.2) is 18.4 Å². The minimum Gasteiger partial charge on any atom is -0.352 e. The molecule has 134 valence electrons. The summed E-state index contributed by atoms with van der Waals surface area (Å²) >= 11 is 5.79. The van der Waals surface area contributed by atoms with E-state index in [-0.39, 0.29) is 17.9 Å². The Hall–Kier alpha value is -2.84. The number of carbonyl (C=O) groups excluding carboxylic acids is 2. The first kappa shape index (κ1) is 19.5. The highest BCUT2D eigenvalue weighted by atomic mass is 35.5. The van der Waals surface area contributed by atoms with E-state index < -0.39 is 0 Å². The van der Waals surface area contributed by atoms with Gasteiger partial charge in [0, 0.05) is 23.6 Å². The predicted molar refractivity (Wildman–Crippen MR) is 101 cm³/mol. The van der Waals surface area contributed by atoms with Crippen molar-refractivity contribution in [2.45, 2.75) is 25.8 Å². The predicted octanol–water partition coefficient (Wildman–Crippen LogP) is 3.60. The largest absolute Gasteiger partial charge is 0.352 e. The lowest BCUT2D eigenvalue weighted by atomic mass is 10.1. The van der Waals surface area contributed by atoms with Gasteiger partial charge in [-0.1, -0.05) is 23.7 Å². The number of hydrogen-bond acceptors (Lipinski definition) is 3. The minimum absolute atomic E-state index is 0.0809. The average molecular weight is 370 g/mol. The van der Waals surface area contributed by atoms with Crippen LogP contribution in [0.25, 0.3) is 0 Å². The average Bonchev–Trinajstić information content (AvgIpc) is 2.65. The number of amides is 2. The Bertz CT molecular complexity index is 795. The number of nitriles is 1. The van der Waals surface area contributed by atoms with Gasteiger partial charge in [-0.05, 0) is 55.3 Å². The van der Waals surface area contributed by atoms with E-state index in [1.807, 2.05) is 19.1 Å². The van der Waals surface area contributed by atoms with E-state index in [2.05, 4.69) is 16.7 Å². The van der Waals surface area contributed by atoms with Crippen LogP contribution in [0.3, 0.4) is 0 Å². The molecule has 0 aliphatic carbocycles. The monoisotopic (exact) mass is 369 g/mol. The van der Waals surface area contributed by atoms with E-state index in [0.717, 1.165) is 5.56 Å². The van der Waals surface area contributed by atoms with Crippen molar-refractivity contribution in [3.8, 4) is 6.07 Å². The lowest BCUT2D eigenvalue weighted by molar-refractivity contribution is -0.121. The van der Waals surface area contributed by atoms with Gasteiger partial charge in [-0.3, -0.25) is 9.59 Å². The van der Waals surface area contributed by atoms with Crippen molar-refractivity contribution in [3.63, 3.8) is 0 Å². The summed E-state index contributed by atoms with van der Waals surface area (Å²) in [7, 11) is 0. The Labute approximate surface area is 158 Å². The van der Waals surface area contributed by atoms with Crippen LogP contribution < -0.4 is 10.6 Å². The third-order valence-corrected chi connectivity index (χ3v) is 4.14. The first-order valence-electron chi connectivity index (χ1n) is 8.33. The lowest BCUT2D eigenvalue weighted by Crippen LogP contribution is -2.29. The normalized spacial score (nSPS) is 11.3. The van der Waals surface area contributed by atoms with Crippen molar-refractivity contribution in [1.82, 2.24) is 10.6 Å². The van der Waals surface area contributed by atoms with Crippen molar-refractivity contribution in [2.24, 2.45) is 0 Å². The van der Waals surface area contributed by atoms with E-state index in [0.29, 0.717) is 35.5 Å². The maximum atomic E-state index is 12.0. The summed E-state index contributed by atoms with van der Waals surface area (Å²) in [4.78, 5) is 23.9. The van der Waals surface area contributed by atoms with E-state index in [1.165, 1.54) is 0 Å². The molecule has 6 heteroatoms. The summed E-state index contributed by atoms with van der Waals surface area (Å²) in [6.07, 6.45) is 0.868. The molecule has 0 radical (unpaired) electrons. The number of hydrogen-bond donors (Lipinski definition) is 2. The second kappa shape index (κ2) is 9.59. The van der Waals surface area contributed by atoms with Crippen molar-refractivity contribution in [1.29, 1.82) is 5.26 Å². The Kier molecular flexibility index (Phi) is 7.19. The summed E-state index contributed by atoms with van der Waals surface area (Å²) < 4.78 is 0. The Morgan fingerprint density at radius 3 is 2.38 bits per heavy atom. The molecule has 2 N–H and O–H groups in total. The molecule has 0 saturated heterocycles. The Morgan fingerprint density at radius 2 is 1.77 bits per heavy atom. The van der Waals surface area contributed by atoms with Crippen LogP contribution in [0.15, 0.2) is 48.5 Å². The molecule has 2 amide bonds. The van der Waals surface area contributed by atoms with Gasteiger partial charge in [0.25, 0.3) is 5.91 Å². The van der Waals surface area contributed by atoms with Gasteiger partial charge in [-0.25, -0.2) is 0 Å². The van der Waals surface area contributed by atoms with Gasteiger partial charge in [0.1, 0.15) is 0 Å². The number of rotatable bonds is 7. The number of nitrogens with zero attached hydrogens (tertiary/aromatic N) is 1. The van der Waals surface area contributed by atoms with Gasteiger partial charge in [0.2, 0.25) is 5.91 Å². The smallest absolute Gasteiger partial charge is 0.251 e. The molecule has 0 bridgehead atoms. The van der Waals surface area contributed by atoms with E-state index in [1.54, 1.807) is 36.4 Å². The first-order valence-corrected chi connectivity index (χ1v) is 8.70. The maximum Gasteiger partial charge on any atom is 0.251 e. The molecule has 0 spiro atoms. The molecule has 1 unspecified atom stereocenters. The molecule has 1 atom stereocenters. The standard InChI is InChI=1S/C20H20ClN3O2/c1-14(16-6-4-15(13-22)5-7-16)24-19(25)3-2-12-23-20(26)17-8-10-18(21)11-9-17/h4-11,14H,2-3,12H2,1H3,(H,23,26)(H,24,25). The highest BCUT2D eigenvalue weighted by molar-refractivity contribution is 6.30. The molecule has 2 aromatic rings. The van der Waals surface area contributed by atoms with Gasteiger partial charge in [0.05, 0.1) is 17.7 Å². The lowest BCUT2D eigenvalue weighted by Gasteiger charge is -2.14. The van der Waals surface area contributed by atoms with Crippen LogP contribution in [0.4, 0.5) is 0 Å². The molecular formula is C20H20ClN3O2. The molecule has 26 heavy (non-hydrogen) atoms. The van der Waals surface area contributed by atoms with E-state index >= 15 is 0 Å². The number of carbonyl (C=O) groups is 2. The Balaban J connectivity index is 1.70. The zero-order valence-corrected chi connectivity index (χ0v) is 15.2. The summed E-state index contributed by atoms with van der Waals surface area (Å²) in [6.45, 7) is 2.31. The Morgan fingerprint density at radius 1 is 1.12 bits per heavy atom. The summed E-state index contributed by atoms with van der Waals surface area (Å²) in [6, 6.07) is 15.7. The summed E-state index contributed by atoms with van der Waals surface area (Å²) in [5.74, 6) is -0.268. The molecule has 0 saturated carbocycles. The van der Waals surface area contributed by atoms with Crippen molar-refractivity contribution in [3.05, 3.63) is 70.2 Å². The SMILES string of the molecule is CC(NC(=O)CCCNC(=O)c1ccc(Cl)cc1)c1ccc(C#N)cc1. The highest BCUT2D eigenvalue weighted by Gasteiger charge is 2.10. The molecule has 0 fully saturated rings. The van der Waals surface area contributed by atoms with Gasteiger partial charge in [-0.2, -0.15) is 5.26 Å². The quantitative estimate of drug-likeness (QED) is 0.731. The molecule has 2 aromatic carbocycles. The summed E-state index contributed by atoms with van der Waals surface area (Å²) in [5.41, 5.74) is 2.06. The topological polar surface area (TPSA) is 82.0 Å². The highest BCUT2D eigenvalue weighted by Crippen LogP contribution is 2.13. The molecule has 0 heterocycles. The zero-order chi connectivity index (χ0) is 18.9. The number of benzene rings is 2. The molecule has 0 aromatic heterocycles. The van der Waals surface area contributed by atoms with Gasteiger partial charge < -0.3 is 10.6 Å². The van der Waals surface area contributed by atoms with E-state index in [9.17, 15) is 9.59 Å².